The number of nitrogens with one attached hydrogen (secondary N) is 1. The molecule has 0 saturated carbocycles. The molecule has 0 aliphatic heterocycles. The molecule has 0 bridgehead atoms. The lowest BCUT2D eigenvalue weighted by Crippen LogP contribution is -2.13. The number of benzene rings is 3. The molecule has 0 radical (unpaired) electrons. The van der Waals surface area contributed by atoms with Gasteiger partial charge >= 0.3 is 0 Å². The molecular formula is C24H19FN2O2. The molecule has 3 rings (SSSR count). The predicted octanol–water partition coefficient (Wildman–Crippen LogP) is 5.26. The van der Waals surface area contributed by atoms with Gasteiger partial charge in [-0.1, -0.05) is 48.0 Å². The monoisotopic (exact) mass is 386 g/mol. The summed E-state index contributed by atoms with van der Waals surface area (Å²) in [6.45, 7) is 2.03. The van der Waals surface area contributed by atoms with E-state index in [4.69, 9.17) is 4.74 Å². The number of hydrogen-bond acceptors (Lipinski definition) is 3. The quantitative estimate of drug-likeness (QED) is 0.464. The zero-order chi connectivity index (χ0) is 20.6. The molecule has 3 aromatic rings. The van der Waals surface area contributed by atoms with Crippen molar-refractivity contribution in [2.24, 2.45) is 0 Å². The molecule has 0 aromatic heterocycles. The summed E-state index contributed by atoms with van der Waals surface area (Å²) < 4.78 is 19.4. The molecule has 1 amide bonds. The summed E-state index contributed by atoms with van der Waals surface area (Å²) in [5.41, 5.74) is 2.74. The topological polar surface area (TPSA) is 62.1 Å². The third kappa shape index (κ3) is 5.53. The Labute approximate surface area is 168 Å². The van der Waals surface area contributed by atoms with Crippen molar-refractivity contribution in [3.63, 3.8) is 0 Å². The van der Waals surface area contributed by atoms with Crippen LogP contribution in [0.1, 0.15) is 16.7 Å². The van der Waals surface area contributed by atoms with Crippen LogP contribution in [0.25, 0.3) is 6.08 Å². The first-order chi connectivity index (χ1) is 14.0. The molecule has 3 aromatic carbocycles. The van der Waals surface area contributed by atoms with Crippen LogP contribution in [0.15, 0.2) is 78.4 Å². The van der Waals surface area contributed by atoms with E-state index in [1.807, 2.05) is 25.1 Å². The van der Waals surface area contributed by atoms with Crippen LogP contribution >= 0.6 is 0 Å². The van der Waals surface area contributed by atoms with Crippen molar-refractivity contribution in [1.29, 1.82) is 5.26 Å². The molecule has 5 heteroatoms. The van der Waals surface area contributed by atoms with Gasteiger partial charge in [-0.3, -0.25) is 4.79 Å². The molecule has 0 fully saturated rings. The van der Waals surface area contributed by atoms with Crippen LogP contribution in [0.4, 0.5) is 10.1 Å². The summed E-state index contributed by atoms with van der Waals surface area (Å²) >= 11 is 0. The van der Waals surface area contributed by atoms with E-state index in [1.165, 1.54) is 12.1 Å². The number of aryl methyl sites for hydroxylation is 1. The van der Waals surface area contributed by atoms with Crippen molar-refractivity contribution in [2.75, 3.05) is 5.32 Å². The Morgan fingerprint density at radius 2 is 1.86 bits per heavy atom. The molecule has 144 valence electrons. The second-order valence-corrected chi connectivity index (χ2v) is 6.44. The van der Waals surface area contributed by atoms with Gasteiger partial charge in [0, 0.05) is 11.3 Å². The Kier molecular flexibility index (Phi) is 6.39. The van der Waals surface area contributed by atoms with Gasteiger partial charge < -0.3 is 10.1 Å². The van der Waals surface area contributed by atoms with Crippen molar-refractivity contribution in [1.82, 2.24) is 0 Å². The Morgan fingerprint density at radius 3 is 2.59 bits per heavy atom. The van der Waals surface area contributed by atoms with Gasteiger partial charge in [-0.05, 0) is 48.9 Å². The number of carbonyl (C=O) groups excluding carboxylic acids is 1. The smallest absolute Gasteiger partial charge is 0.266 e. The average Bonchev–Trinajstić information content (AvgIpc) is 2.73. The van der Waals surface area contributed by atoms with Gasteiger partial charge in [0.2, 0.25) is 0 Å². The van der Waals surface area contributed by atoms with E-state index in [0.717, 1.165) is 5.56 Å². The van der Waals surface area contributed by atoms with E-state index >= 15 is 0 Å². The number of carbonyl (C=O) groups is 1. The SMILES string of the molecule is Cc1ccc(NC(=O)/C(C#N)=C\c2cccc(OCc3ccccc3F)c2)cc1. The highest BCUT2D eigenvalue weighted by Gasteiger charge is 2.10. The number of ether oxygens (including phenoxy) is 1. The minimum absolute atomic E-state index is 0.0307. The fourth-order valence-electron chi connectivity index (χ4n) is 2.62. The number of amides is 1. The average molecular weight is 386 g/mol. The van der Waals surface area contributed by atoms with E-state index in [0.29, 0.717) is 22.6 Å². The Balaban J connectivity index is 1.71. The lowest BCUT2D eigenvalue weighted by atomic mass is 10.1. The summed E-state index contributed by atoms with van der Waals surface area (Å²) in [5.74, 6) is -0.310. The van der Waals surface area contributed by atoms with E-state index < -0.39 is 5.91 Å². The largest absolute Gasteiger partial charge is 0.489 e. The molecule has 0 aliphatic carbocycles. The fraction of sp³-hybridized carbons (Fsp3) is 0.0833. The fourth-order valence-corrected chi connectivity index (χ4v) is 2.62. The van der Waals surface area contributed by atoms with Gasteiger partial charge in [-0.25, -0.2) is 4.39 Å². The molecular weight excluding hydrogens is 367 g/mol. The van der Waals surface area contributed by atoms with Gasteiger partial charge in [-0.15, -0.1) is 0 Å². The van der Waals surface area contributed by atoms with Crippen molar-refractivity contribution >= 4 is 17.7 Å². The standard InChI is InChI=1S/C24H19FN2O2/c1-17-9-11-21(12-10-17)27-24(28)20(15-26)13-18-5-4-7-22(14-18)29-16-19-6-2-3-8-23(19)25/h2-14H,16H2,1H3,(H,27,28)/b20-13-. The maximum atomic E-state index is 13.7. The summed E-state index contributed by atoms with van der Waals surface area (Å²) in [6.07, 6.45) is 1.49. The summed E-state index contributed by atoms with van der Waals surface area (Å²) in [6, 6.07) is 22.6. The zero-order valence-corrected chi connectivity index (χ0v) is 15.9. The third-order valence-corrected chi connectivity index (χ3v) is 4.20. The molecule has 0 heterocycles. The van der Waals surface area contributed by atoms with Crippen molar-refractivity contribution in [2.45, 2.75) is 13.5 Å². The van der Waals surface area contributed by atoms with Gasteiger partial charge in [-0.2, -0.15) is 5.26 Å². The molecule has 0 atom stereocenters. The van der Waals surface area contributed by atoms with Gasteiger partial charge in [0.1, 0.15) is 29.8 Å². The maximum absolute atomic E-state index is 13.7. The second kappa shape index (κ2) is 9.34. The minimum atomic E-state index is -0.492. The van der Waals surface area contributed by atoms with E-state index in [1.54, 1.807) is 54.6 Å². The third-order valence-electron chi connectivity index (χ3n) is 4.20. The van der Waals surface area contributed by atoms with Crippen molar-refractivity contribution in [3.05, 3.63) is 101 Å². The normalized spacial score (nSPS) is 10.9. The van der Waals surface area contributed by atoms with Gasteiger partial charge in [0.25, 0.3) is 5.91 Å². The number of nitrogens with zero attached hydrogens (tertiary/aromatic N) is 1. The Bertz CT molecular complexity index is 1080. The lowest BCUT2D eigenvalue weighted by Gasteiger charge is -2.08. The highest BCUT2D eigenvalue weighted by atomic mass is 19.1. The molecule has 4 nitrogen and oxygen atoms in total. The molecule has 1 N–H and O–H groups in total. The van der Waals surface area contributed by atoms with Crippen LogP contribution in [0.3, 0.4) is 0 Å². The highest BCUT2D eigenvalue weighted by molar-refractivity contribution is 6.09. The zero-order valence-electron chi connectivity index (χ0n) is 15.9. The first-order valence-electron chi connectivity index (χ1n) is 9.01. The number of halogens is 1. The van der Waals surface area contributed by atoms with Crippen LogP contribution in [-0.2, 0) is 11.4 Å². The van der Waals surface area contributed by atoms with Crippen LogP contribution in [0, 0.1) is 24.1 Å². The molecule has 29 heavy (non-hydrogen) atoms. The van der Waals surface area contributed by atoms with Gasteiger partial charge in [0.05, 0.1) is 0 Å². The number of rotatable bonds is 6. The number of hydrogen-bond donors (Lipinski definition) is 1. The van der Waals surface area contributed by atoms with Crippen molar-refractivity contribution in [3.8, 4) is 11.8 Å². The number of anilines is 1. The number of nitriles is 1. The summed E-state index contributed by atoms with van der Waals surface area (Å²) in [4.78, 5) is 12.4. The first kappa shape index (κ1) is 19.8. The second-order valence-electron chi connectivity index (χ2n) is 6.44. The Hall–Kier alpha value is -3.91. The summed E-state index contributed by atoms with van der Waals surface area (Å²) in [5, 5.41) is 12.1. The van der Waals surface area contributed by atoms with E-state index in [-0.39, 0.29) is 18.0 Å². The molecule has 0 saturated heterocycles. The molecule has 0 unspecified atom stereocenters. The van der Waals surface area contributed by atoms with E-state index in [9.17, 15) is 14.4 Å². The van der Waals surface area contributed by atoms with Crippen LogP contribution in [0.5, 0.6) is 5.75 Å². The van der Waals surface area contributed by atoms with Gasteiger partial charge in [0.15, 0.2) is 0 Å². The first-order valence-corrected chi connectivity index (χ1v) is 9.01. The Morgan fingerprint density at radius 1 is 1.10 bits per heavy atom. The highest BCUT2D eigenvalue weighted by Crippen LogP contribution is 2.19. The summed E-state index contributed by atoms with van der Waals surface area (Å²) in [7, 11) is 0. The van der Waals surface area contributed by atoms with Crippen LogP contribution in [-0.4, -0.2) is 5.91 Å². The minimum Gasteiger partial charge on any atom is -0.489 e. The van der Waals surface area contributed by atoms with Crippen molar-refractivity contribution < 1.29 is 13.9 Å². The van der Waals surface area contributed by atoms with Crippen LogP contribution in [0.2, 0.25) is 0 Å². The molecule has 0 aliphatic rings. The van der Waals surface area contributed by atoms with Crippen LogP contribution < -0.4 is 10.1 Å². The maximum Gasteiger partial charge on any atom is 0.266 e. The van der Waals surface area contributed by atoms with E-state index in [2.05, 4.69) is 5.32 Å². The lowest BCUT2D eigenvalue weighted by molar-refractivity contribution is -0.112. The molecule has 0 spiro atoms. The predicted molar refractivity (Wildman–Crippen MR) is 111 cm³/mol.